The van der Waals surface area contributed by atoms with E-state index >= 15 is 0 Å². The molecule has 1 rings (SSSR count). The molecule has 0 aliphatic heterocycles. The Balaban J connectivity index is 2.80. The van der Waals surface area contributed by atoms with Crippen molar-refractivity contribution in [2.75, 3.05) is 6.61 Å². The van der Waals surface area contributed by atoms with Gasteiger partial charge in [0.15, 0.2) is 0 Å². The molecule has 0 heterocycles. The van der Waals surface area contributed by atoms with Crippen LogP contribution in [0.25, 0.3) is 0 Å². The predicted octanol–water partition coefficient (Wildman–Crippen LogP) is 2.91. The van der Waals surface area contributed by atoms with E-state index in [-0.39, 0.29) is 18.3 Å². The number of aliphatic hydroxyl groups is 3. The summed E-state index contributed by atoms with van der Waals surface area (Å²) in [5.41, 5.74) is 5.79. The zero-order valence-electron chi connectivity index (χ0n) is 14.4. The average Bonchev–Trinajstić information content (AvgIpc) is 2.50. The molecule has 4 nitrogen and oxygen atoms in total. The van der Waals surface area contributed by atoms with Crippen molar-refractivity contribution in [3.63, 3.8) is 0 Å². The van der Waals surface area contributed by atoms with Crippen molar-refractivity contribution in [2.24, 2.45) is 5.92 Å². The standard InChI is InChI=1S/C19H28O4/c1-12(2)18(22)10-15(11-20)6-5-7-17(21)16-8-13(3)19(23)14(4)9-16/h5,8-9,12,17-18,20-23H,7,10-11H2,1-4H3/t6?,17-,18-/m1/s1. The Bertz CT molecular complexity index is 560. The fourth-order valence-electron chi connectivity index (χ4n) is 2.29. The highest BCUT2D eigenvalue weighted by Crippen LogP contribution is 2.27. The summed E-state index contributed by atoms with van der Waals surface area (Å²) in [6, 6.07) is 3.53. The lowest BCUT2D eigenvalue weighted by Crippen LogP contribution is -2.16. The lowest BCUT2D eigenvalue weighted by molar-refractivity contribution is 0.122. The summed E-state index contributed by atoms with van der Waals surface area (Å²) in [4.78, 5) is 0. The maximum Gasteiger partial charge on any atom is 0.121 e. The maximum absolute atomic E-state index is 10.2. The Morgan fingerprint density at radius 3 is 2.22 bits per heavy atom. The van der Waals surface area contributed by atoms with Crippen LogP contribution in [0.3, 0.4) is 0 Å². The van der Waals surface area contributed by atoms with Gasteiger partial charge >= 0.3 is 0 Å². The Kier molecular flexibility index (Phi) is 7.53. The molecule has 0 fully saturated rings. The fourth-order valence-corrected chi connectivity index (χ4v) is 2.29. The predicted molar refractivity (Wildman–Crippen MR) is 91.3 cm³/mol. The first-order valence-electron chi connectivity index (χ1n) is 7.96. The highest BCUT2D eigenvalue weighted by atomic mass is 16.3. The zero-order chi connectivity index (χ0) is 17.6. The second kappa shape index (κ2) is 8.90. The van der Waals surface area contributed by atoms with Gasteiger partial charge in [0.2, 0.25) is 0 Å². The van der Waals surface area contributed by atoms with E-state index in [1.165, 1.54) is 0 Å². The average molecular weight is 320 g/mol. The summed E-state index contributed by atoms with van der Waals surface area (Å²) in [5, 5.41) is 39.2. The molecule has 1 aromatic rings. The summed E-state index contributed by atoms with van der Waals surface area (Å²) >= 11 is 0. The summed E-state index contributed by atoms with van der Waals surface area (Å²) < 4.78 is 0. The van der Waals surface area contributed by atoms with Crippen LogP contribution in [0.1, 0.15) is 49.5 Å². The number of aliphatic hydroxyl groups excluding tert-OH is 3. The van der Waals surface area contributed by atoms with Crippen molar-refractivity contribution < 1.29 is 20.4 Å². The van der Waals surface area contributed by atoms with Crippen LogP contribution in [0, 0.1) is 19.8 Å². The van der Waals surface area contributed by atoms with Crippen molar-refractivity contribution in [3.8, 4) is 5.75 Å². The van der Waals surface area contributed by atoms with Gasteiger partial charge in [-0.3, -0.25) is 0 Å². The Hall–Kier alpha value is -1.58. The van der Waals surface area contributed by atoms with E-state index in [0.29, 0.717) is 18.4 Å². The van der Waals surface area contributed by atoms with Crippen LogP contribution in [-0.2, 0) is 0 Å². The molecule has 0 aliphatic carbocycles. The number of aryl methyl sites for hydroxylation is 2. The van der Waals surface area contributed by atoms with Gasteiger partial charge in [0, 0.05) is 12.8 Å². The van der Waals surface area contributed by atoms with Crippen molar-refractivity contribution >= 4 is 0 Å². The van der Waals surface area contributed by atoms with Crippen LogP contribution >= 0.6 is 0 Å². The van der Waals surface area contributed by atoms with E-state index < -0.39 is 12.2 Å². The van der Waals surface area contributed by atoms with Crippen molar-refractivity contribution in [3.05, 3.63) is 46.2 Å². The van der Waals surface area contributed by atoms with Gasteiger partial charge in [-0.15, -0.1) is 5.73 Å². The topological polar surface area (TPSA) is 80.9 Å². The number of hydrogen-bond acceptors (Lipinski definition) is 4. The minimum Gasteiger partial charge on any atom is -0.507 e. The monoisotopic (exact) mass is 320 g/mol. The molecular weight excluding hydrogens is 292 g/mol. The quantitative estimate of drug-likeness (QED) is 0.582. The van der Waals surface area contributed by atoms with Gasteiger partial charge in [-0.1, -0.05) is 13.8 Å². The molecule has 128 valence electrons. The van der Waals surface area contributed by atoms with Crippen molar-refractivity contribution in [1.82, 2.24) is 0 Å². The highest BCUT2D eigenvalue weighted by molar-refractivity contribution is 5.42. The van der Waals surface area contributed by atoms with Gasteiger partial charge in [0.05, 0.1) is 18.8 Å². The first-order valence-corrected chi connectivity index (χ1v) is 7.96. The van der Waals surface area contributed by atoms with E-state index in [4.69, 9.17) is 0 Å². The number of phenolic OH excluding ortho intramolecular Hbond substituents is 1. The molecule has 0 aromatic heterocycles. The molecule has 0 radical (unpaired) electrons. The minimum atomic E-state index is -0.699. The third-order valence-corrected chi connectivity index (χ3v) is 3.96. The second-order valence-electron chi connectivity index (χ2n) is 6.38. The Morgan fingerprint density at radius 1 is 1.17 bits per heavy atom. The molecule has 0 saturated carbocycles. The minimum absolute atomic E-state index is 0.117. The molecule has 0 aliphatic rings. The lowest BCUT2D eigenvalue weighted by atomic mass is 9.99. The van der Waals surface area contributed by atoms with Crippen molar-refractivity contribution in [2.45, 2.75) is 52.7 Å². The summed E-state index contributed by atoms with van der Waals surface area (Å²) in [6.07, 6.45) is 1.20. The highest BCUT2D eigenvalue weighted by Gasteiger charge is 2.12. The SMILES string of the molecule is Cc1cc([C@H](O)CC=C=C(CO)C[C@@H](O)C(C)C)cc(C)c1O. The number of rotatable bonds is 7. The molecule has 0 unspecified atom stereocenters. The third-order valence-electron chi connectivity index (χ3n) is 3.96. The van der Waals surface area contributed by atoms with Crippen LogP contribution in [0.5, 0.6) is 5.75 Å². The lowest BCUT2D eigenvalue weighted by Gasteiger charge is -2.14. The van der Waals surface area contributed by atoms with Gasteiger partial charge in [-0.05, 0) is 60.2 Å². The van der Waals surface area contributed by atoms with Gasteiger partial charge in [0.1, 0.15) is 5.75 Å². The molecule has 1 aromatic carbocycles. The molecular formula is C19H28O4. The van der Waals surface area contributed by atoms with E-state index in [1.807, 2.05) is 13.8 Å². The van der Waals surface area contributed by atoms with Gasteiger partial charge < -0.3 is 20.4 Å². The molecule has 0 amide bonds. The summed E-state index contributed by atoms with van der Waals surface area (Å²) in [6.45, 7) is 7.27. The van der Waals surface area contributed by atoms with Crippen LogP contribution in [0.15, 0.2) is 29.5 Å². The number of aromatic hydroxyl groups is 1. The van der Waals surface area contributed by atoms with E-state index in [9.17, 15) is 20.4 Å². The molecule has 0 bridgehead atoms. The van der Waals surface area contributed by atoms with Crippen LogP contribution in [0.4, 0.5) is 0 Å². The van der Waals surface area contributed by atoms with E-state index in [0.717, 1.165) is 16.7 Å². The van der Waals surface area contributed by atoms with Crippen molar-refractivity contribution in [1.29, 1.82) is 0 Å². The number of phenols is 1. The van der Waals surface area contributed by atoms with Gasteiger partial charge in [-0.25, -0.2) is 0 Å². The summed E-state index contributed by atoms with van der Waals surface area (Å²) in [7, 11) is 0. The maximum atomic E-state index is 10.2. The molecule has 4 heteroatoms. The molecule has 23 heavy (non-hydrogen) atoms. The van der Waals surface area contributed by atoms with E-state index in [1.54, 1.807) is 32.1 Å². The second-order valence-corrected chi connectivity index (χ2v) is 6.38. The number of hydrogen-bond donors (Lipinski definition) is 4. The fraction of sp³-hybridized carbons (Fsp3) is 0.526. The van der Waals surface area contributed by atoms with E-state index in [2.05, 4.69) is 5.73 Å². The zero-order valence-corrected chi connectivity index (χ0v) is 14.4. The van der Waals surface area contributed by atoms with Crippen LogP contribution in [-0.4, -0.2) is 33.1 Å². The first kappa shape index (κ1) is 19.5. The van der Waals surface area contributed by atoms with Gasteiger partial charge in [0.25, 0.3) is 0 Å². The normalized spacial score (nSPS) is 13.6. The Morgan fingerprint density at radius 2 is 1.74 bits per heavy atom. The number of benzene rings is 1. The van der Waals surface area contributed by atoms with Crippen LogP contribution in [0.2, 0.25) is 0 Å². The van der Waals surface area contributed by atoms with Gasteiger partial charge in [-0.2, -0.15) is 0 Å². The molecule has 2 atom stereocenters. The Labute approximate surface area is 138 Å². The summed E-state index contributed by atoms with van der Waals surface area (Å²) in [5.74, 6) is 0.369. The smallest absolute Gasteiger partial charge is 0.121 e. The third kappa shape index (κ3) is 5.85. The first-order chi connectivity index (χ1) is 10.8. The largest absolute Gasteiger partial charge is 0.507 e. The molecule has 0 saturated heterocycles. The molecule has 4 N–H and O–H groups in total. The molecule has 0 spiro atoms. The van der Waals surface area contributed by atoms with Crippen LogP contribution < -0.4 is 0 Å².